The van der Waals surface area contributed by atoms with Crippen molar-refractivity contribution in [2.24, 2.45) is 0 Å². The predicted octanol–water partition coefficient (Wildman–Crippen LogP) is 1.38. The van der Waals surface area contributed by atoms with E-state index < -0.39 is 0 Å². The Balaban J connectivity index is 2.09. The minimum Gasteiger partial charge on any atom is -0.454 e. The summed E-state index contributed by atoms with van der Waals surface area (Å²) in [5, 5.41) is 7.03. The lowest BCUT2D eigenvalue weighted by atomic mass is 9.86. The quantitative estimate of drug-likeness (QED) is 0.737. The second kappa shape index (κ2) is 3.08. The first kappa shape index (κ1) is 8.95. The van der Waals surface area contributed by atoms with Gasteiger partial charge in [-0.15, -0.1) is 0 Å². The maximum Gasteiger partial charge on any atom is 0.169 e. The minimum atomic E-state index is 0.142. The van der Waals surface area contributed by atoms with E-state index in [9.17, 15) is 0 Å². The van der Waals surface area contributed by atoms with Gasteiger partial charge in [0.25, 0.3) is 0 Å². The Hall–Kier alpha value is -0.320. The summed E-state index contributed by atoms with van der Waals surface area (Å²) >= 11 is 3.41. The van der Waals surface area contributed by atoms with Crippen LogP contribution in [0, 0.1) is 0 Å². The van der Waals surface area contributed by atoms with E-state index in [4.69, 9.17) is 4.42 Å². The highest BCUT2D eigenvalue weighted by atomic mass is 79.9. The molecule has 0 saturated carbocycles. The van der Waals surface area contributed by atoms with Crippen molar-refractivity contribution < 1.29 is 4.42 Å². The average molecular weight is 257 g/mol. The highest BCUT2D eigenvalue weighted by molar-refractivity contribution is 9.10. The van der Waals surface area contributed by atoms with Crippen molar-refractivity contribution in [2.45, 2.75) is 18.4 Å². The fourth-order valence-corrected chi connectivity index (χ4v) is 2.99. The average Bonchev–Trinajstić information content (AvgIpc) is 2.74. The lowest BCUT2D eigenvalue weighted by Gasteiger charge is -2.33. The Kier molecular flexibility index (Phi) is 1.97. The van der Waals surface area contributed by atoms with Gasteiger partial charge in [-0.25, -0.2) is 0 Å². The molecule has 1 aromatic rings. The summed E-state index contributed by atoms with van der Waals surface area (Å²) in [6.45, 7) is 3.13. The van der Waals surface area contributed by atoms with E-state index in [1.165, 1.54) is 5.56 Å². The molecule has 3 rings (SSSR count). The molecule has 2 aliphatic rings. The first-order valence-electron chi connectivity index (χ1n) is 5.05. The van der Waals surface area contributed by atoms with Gasteiger partial charge in [0, 0.05) is 25.1 Å². The summed E-state index contributed by atoms with van der Waals surface area (Å²) in [5.41, 5.74) is 1.49. The summed E-state index contributed by atoms with van der Waals surface area (Å²) in [6.07, 6.45) is 2.16. The first-order valence-corrected chi connectivity index (χ1v) is 5.84. The molecule has 4 heteroatoms. The van der Waals surface area contributed by atoms with Gasteiger partial charge >= 0.3 is 0 Å². The standard InChI is InChI=1S/C10H13BrN2O/c11-9-5-7-8(14-9)1-3-13-10(7)2-4-12-6-10/h5,12-13H,1-4,6H2. The monoisotopic (exact) mass is 256 g/mol. The smallest absolute Gasteiger partial charge is 0.169 e. The zero-order valence-electron chi connectivity index (χ0n) is 7.90. The largest absolute Gasteiger partial charge is 0.454 e. The van der Waals surface area contributed by atoms with E-state index in [1.807, 2.05) is 0 Å². The van der Waals surface area contributed by atoms with E-state index in [1.54, 1.807) is 0 Å². The van der Waals surface area contributed by atoms with Crippen LogP contribution in [-0.4, -0.2) is 19.6 Å². The number of hydrogen-bond acceptors (Lipinski definition) is 3. The zero-order valence-corrected chi connectivity index (χ0v) is 9.49. The molecule has 0 radical (unpaired) electrons. The summed E-state index contributed by atoms with van der Waals surface area (Å²) in [7, 11) is 0. The molecule has 1 saturated heterocycles. The Labute approximate surface area is 91.4 Å². The van der Waals surface area contributed by atoms with Gasteiger partial charge in [0.1, 0.15) is 5.76 Å². The molecule has 0 aliphatic carbocycles. The van der Waals surface area contributed by atoms with Crippen LogP contribution in [-0.2, 0) is 12.0 Å². The van der Waals surface area contributed by atoms with Gasteiger partial charge in [-0.3, -0.25) is 0 Å². The van der Waals surface area contributed by atoms with E-state index in [2.05, 4.69) is 32.6 Å². The van der Waals surface area contributed by atoms with Crippen LogP contribution in [0.15, 0.2) is 15.2 Å². The Morgan fingerprint density at radius 2 is 2.36 bits per heavy atom. The van der Waals surface area contributed by atoms with Gasteiger partial charge in [-0.05, 0) is 35.0 Å². The molecule has 14 heavy (non-hydrogen) atoms. The van der Waals surface area contributed by atoms with Gasteiger partial charge in [-0.2, -0.15) is 0 Å². The maximum absolute atomic E-state index is 5.64. The second-order valence-electron chi connectivity index (χ2n) is 4.07. The van der Waals surface area contributed by atoms with Crippen molar-refractivity contribution in [3.05, 3.63) is 22.1 Å². The molecule has 76 valence electrons. The highest BCUT2D eigenvalue weighted by Crippen LogP contribution is 2.36. The zero-order chi connectivity index (χ0) is 9.60. The van der Waals surface area contributed by atoms with Crippen LogP contribution < -0.4 is 10.6 Å². The topological polar surface area (TPSA) is 37.2 Å². The molecule has 3 nitrogen and oxygen atoms in total. The van der Waals surface area contributed by atoms with Crippen molar-refractivity contribution in [1.29, 1.82) is 0 Å². The molecule has 1 fully saturated rings. The Bertz CT molecular complexity index is 355. The van der Waals surface area contributed by atoms with E-state index in [0.717, 1.165) is 42.9 Å². The molecular formula is C10H13BrN2O. The molecule has 1 aromatic heterocycles. The lowest BCUT2D eigenvalue weighted by molar-refractivity contribution is 0.323. The van der Waals surface area contributed by atoms with Crippen molar-refractivity contribution in [3.63, 3.8) is 0 Å². The summed E-state index contributed by atoms with van der Waals surface area (Å²) in [4.78, 5) is 0. The summed E-state index contributed by atoms with van der Waals surface area (Å²) in [6, 6.07) is 2.12. The number of furan rings is 1. The SMILES string of the molecule is Brc1cc2c(o1)CCNC21CCNC1. The van der Waals surface area contributed by atoms with Crippen LogP contribution in [0.25, 0.3) is 0 Å². The van der Waals surface area contributed by atoms with Crippen LogP contribution in [0.5, 0.6) is 0 Å². The van der Waals surface area contributed by atoms with E-state index in [0.29, 0.717) is 0 Å². The van der Waals surface area contributed by atoms with Crippen molar-refractivity contribution >= 4 is 15.9 Å². The second-order valence-corrected chi connectivity index (χ2v) is 4.85. The van der Waals surface area contributed by atoms with Crippen LogP contribution in [0.4, 0.5) is 0 Å². The molecule has 1 spiro atoms. The molecular weight excluding hydrogens is 244 g/mol. The van der Waals surface area contributed by atoms with Crippen LogP contribution >= 0.6 is 15.9 Å². The lowest BCUT2D eigenvalue weighted by Crippen LogP contribution is -2.48. The molecule has 0 bridgehead atoms. The van der Waals surface area contributed by atoms with Crippen LogP contribution in [0.2, 0.25) is 0 Å². The molecule has 1 unspecified atom stereocenters. The number of halogens is 1. The van der Waals surface area contributed by atoms with Gasteiger partial charge in [0.2, 0.25) is 0 Å². The molecule has 2 N–H and O–H groups in total. The molecule has 0 aromatic carbocycles. The fourth-order valence-electron chi connectivity index (χ4n) is 2.57. The first-order chi connectivity index (χ1) is 6.80. The normalized spacial score (nSPS) is 30.9. The number of fused-ring (bicyclic) bond motifs is 2. The minimum absolute atomic E-state index is 0.142. The number of nitrogens with one attached hydrogen (secondary N) is 2. The van der Waals surface area contributed by atoms with Gasteiger partial charge in [0.05, 0.1) is 5.54 Å². The van der Waals surface area contributed by atoms with Crippen LogP contribution in [0.1, 0.15) is 17.7 Å². The highest BCUT2D eigenvalue weighted by Gasteiger charge is 2.40. The molecule has 3 heterocycles. The van der Waals surface area contributed by atoms with Gasteiger partial charge < -0.3 is 15.1 Å². The number of rotatable bonds is 0. The molecule has 0 amide bonds. The van der Waals surface area contributed by atoms with Crippen LogP contribution in [0.3, 0.4) is 0 Å². The summed E-state index contributed by atoms with van der Waals surface area (Å²) in [5.74, 6) is 1.15. The van der Waals surface area contributed by atoms with E-state index in [-0.39, 0.29) is 5.54 Å². The third-order valence-electron chi connectivity index (χ3n) is 3.27. The van der Waals surface area contributed by atoms with Crippen molar-refractivity contribution in [1.82, 2.24) is 10.6 Å². The molecule has 2 aliphatic heterocycles. The third-order valence-corrected chi connectivity index (χ3v) is 3.66. The van der Waals surface area contributed by atoms with E-state index >= 15 is 0 Å². The van der Waals surface area contributed by atoms with Crippen molar-refractivity contribution in [2.75, 3.05) is 19.6 Å². The fraction of sp³-hybridized carbons (Fsp3) is 0.600. The molecule has 1 atom stereocenters. The Morgan fingerprint density at radius 1 is 1.43 bits per heavy atom. The number of hydrogen-bond donors (Lipinski definition) is 2. The predicted molar refractivity (Wildman–Crippen MR) is 57.3 cm³/mol. The van der Waals surface area contributed by atoms with Gasteiger partial charge in [0.15, 0.2) is 4.67 Å². The summed E-state index contributed by atoms with van der Waals surface area (Å²) < 4.78 is 6.50. The third kappa shape index (κ3) is 1.17. The maximum atomic E-state index is 5.64. The Morgan fingerprint density at radius 3 is 3.14 bits per heavy atom. The van der Waals surface area contributed by atoms with Crippen molar-refractivity contribution in [3.8, 4) is 0 Å². The van der Waals surface area contributed by atoms with Gasteiger partial charge in [-0.1, -0.05) is 0 Å².